The summed E-state index contributed by atoms with van der Waals surface area (Å²) >= 11 is 0. The van der Waals surface area contributed by atoms with Crippen LogP contribution in [0.2, 0.25) is 0 Å². The first-order chi connectivity index (χ1) is 12.3. The van der Waals surface area contributed by atoms with Crippen LogP contribution in [-0.4, -0.2) is 59.7 Å². The van der Waals surface area contributed by atoms with Crippen LogP contribution in [-0.2, 0) is 11.2 Å². The van der Waals surface area contributed by atoms with E-state index < -0.39 is 5.60 Å². The summed E-state index contributed by atoms with van der Waals surface area (Å²) in [4.78, 5) is 20.8. The van der Waals surface area contributed by atoms with Gasteiger partial charge in [0, 0.05) is 32.1 Å². The Morgan fingerprint density at radius 2 is 1.78 bits per heavy atom. The predicted molar refractivity (Wildman–Crippen MR) is 117 cm³/mol. The summed E-state index contributed by atoms with van der Waals surface area (Å²) in [5, 5.41) is 0. The first-order valence-electron chi connectivity index (χ1n) is 9.47. The van der Waals surface area contributed by atoms with E-state index in [9.17, 15) is 4.79 Å². The lowest BCUT2D eigenvalue weighted by Crippen LogP contribution is -2.53. The summed E-state index contributed by atoms with van der Waals surface area (Å²) in [5.41, 5.74) is 8.74. The number of carbonyl (C=O) groups is 1. The number of carbonyl (C=O) groups excluding carboxylic acids is 1. The molecule has 0 aromatic heterocycles. The number of fused-ring (bicyclic) bond motifs is 3. The number of rotatable bonds is 1. The molecule has 1 saturated heterocycles. The Balaban J connectivity index is 0.00000210. The lowest BCUT2D eigenvalue weighted by atomic mass is 10.1. The maximum absolute atomic E-state index is 12.2. The molecule has 1 amide bonds. The van der Waals surface area contributed by atoms with Crippen molar-refractivity contribution in [2.45, 2.75) is 44.8 Å². The van der Waals surface area contributed by atoms with Gasteiger partial charge < -0.3 is 20.3 Å². The second kappa shape index (κ2) is 7.48. The molecule has 1 aromatic rings. The van der Waals surface area contributed by atoms with Crippen molar-refractivity contribution < 1.29 is 9.53 Å². The van der Waals surface area contributed by atoms with Gasteiger partial charge in [0.15, 0.2) is 5.96 Å². The third-order valence-corrected chi connectivity index (χ3v) is 5.53. The minimum Gasteiger partial charge on any atom is -0.444 e. The van der Waals surface area contributed by atoms with Gasteiger partial charge in [-0.3, -0.25) is 0 Å². The molecule has 2 N–H and O–H groups in total. The minimum atomic E-state index is -0.464. The number of guanidine groups is 1. The minimum absolute atomic E-state index is 0. The number of halogens is 1. The fraction of sp³-hybridized carbons (Fsp3) is 0.600. The zero-order valence-corrected chi connectivity index (χ0v) is 18.6. The molecule has 2 fully saturated rings. The fourth-order valence-electron chi connectivity index (χ4n) is 4.17. The van der Waals surface area contributed by atoms with Gasteiger partial charge in [0.2, 0.25) is 0 Å². The predicted octanol–water partition coefficient (Wildman–Crippen LogP) is 2.81. The first-order valence-corrected chi connectivity index (χ1v) is 9.47. The van der Waals surface area contributed by atoms with Crippen LogP contribution in [0, 0.1) is 5.92 Å². The largest absolute Gasteiger partial charge is 0.444 e. The molecule has 1 aliphatic heterocycles. The van der Waals surface area contributed by atoms with E-state index in [1.165, 1.54) is 11.1 Å². The van der Waals surface area contributed by atoms with Gasteiger partial charge in [0.1, 0.15) is 5.60 Å². The third kappa shape index (κ3) is 4.17. The number of aliphatic imine (C=N–C) groups is 1. The van der Waals surface area contributed by atoms with Crippen LogP contribution in [0.25, 0.3) is 0 Å². The van der Waals surface area contributed by atoms with Crippen molar-refractivity contribution in [3.8, 4) is 0 Å². The van der Waals surface area contributed by atoms with Crippen molar-refractivity contribution in [2.75, 3.05) is 26.2 Å². The average Bonchev–Trinajstić information content (AvgIpc) is 3.10. The fourth-order valence-corrected chi connectivity index (χ4v) is 4.17. The molecular weight excluding hydrogens is 455 g/mol. The summed E-state index contributed by atoms with van der Waals surface area (Å²) in [6.45, 7) is 8.29. The van der Waals surface area contributed by atoms with E-state index in [0.717, 1.165) is 6.42 Å². The van der Waals surface area contributed by atoms with Gasteiger partial charge in [-0.2, -0.15) is 0 Å². The highest BCUT2D eigenvalue weighted by Gasteiger charge is 2.56. The Labute approximate surface area is 178 Å². The van der Waals surface area contributed by atoms with Crippen LogP contribution in [0.4, 0.5) is 4.79 Å². The smallest absolute Gasteiger partial charge is 0.410 e. The van der Waals surface area contributed by atoms with Crippen molar-refractivity contribution in [3.05, 3.63) is 35.4 Å². The van der Waals surface area contributed by atoms with Crippen molar-refractivity contribution in [2.24, 2.45) is 16.6 Å². The monoisotopic (exact) mass is 484 g/mol. The Kier molecular flexibility index (Phi) is 5.61. The molecule has 1 aromatic carbocycles. The molecule has 148 valence electrons. The zero-order chi connectivity index (χ0) is 18.5. The van der Waals surface area contributed by atoms with E-state index >= 15 is 0 Å². The van der Waals surface area contributed by atoms with Crippen LogP contribution >= 0.6 is 24.0 Å². The number of nitrogens with zero attached hydrogens (tertiary/aromatic N) is 3. The molecule has 2 aliphatic carbocycles. The summed E-state index contributed by atoms with van der Waals surface area (Å²) in [6, 6.07) is 9.00. The highest BCUT2D eigenvalue weighted by Crippen LogP contribution is 2.58. The first kappa shape index (κ1) is 20.2. The number of amides is 1. The van der Waals surface area contributed by atoms with E-state index in [-0.39, 0.29) is 30.1 Å². The van der Waals surface area contributed by atoms with Crippen molar-refractivity contribution in [3.63, 3.8) is 0 Å². The Morgan fingerprint density at radius 1 is 1.15 bits per heavy atom. The number of hydrogen-bond acceptors (Lipinski definition) is 3. The second-order valence-corrected chi connectivity index (χ2v) is 8.52. The Morgan fingerprint density at radius 3 is 2.44 bits per heavy atom. The van der Waals surface area contributed by atoms with Gasteiger partial charge in [0.25, 0.3) is 0 Å². The Hall–Kier alpha value is -1.51. The quantitative estimate of drug-likeness (QED) is 0.378. The normalized spacial score (nSPS) is 26.8. The lowest BCUT2D eigenvalue weighted by Gasteiger charge is -2.36. The van der Waals surface area contributed by atoms with Gasteiger partial charge in [-0.25, -0.2) is 9.79 Å². The number of hydrogen-bond donors (Lipinski definition) is 1. The number of piperazine rings is 1. The van der Waals surface area contributed by atoms with Gasteiger partial charge in [-0.1, -0.05) is 24.3 Å². The van der Waals surface area contributed by atoms with E-state index in [1.807, 2.05) is 20.8 Å². The summed E-state index contributed by atoms with van der Waals surface area (Å²) in [5.74, 6) is 1.78. The summed E-state index contributed by atoms with van der Waals surface area (Å²) < 4.78 is 5.44. The van der Waals surface area contributed by atoms with Crippen LogP contribution in [0.15, 0.2) is 29.3 Å². The maximum atomic E-state index is 12.2. The molecule has 3 atom stereocenters. The molecule has 3 unspecified atom stereocenters. The van der Waals surface area contributed by atoms with Crippen molar-refractivity contribution >= 4 is 36.0 Å². The molecule has 1 saturated carbocycles. The molecule has 0 spiro atoms. The summed E-state index contributed by atoms with van der Waals surface area (Å²) in [6.07, 6.45) is 0.871. The average molecular weight is 484 g/mol. The second-order valence-electron chi connectivity index (χ2n) is 8.52. The number of benzene rings is 1. The van der Waals surface area contributed by atoms with Gasteiger partial charge >= 0.3 is 6.09 Å². The molecule has 4 rings (SSSR count). The van der Waals surface area contributed by atoms with Crippen LogP contribution in [0.5, 0.6) is 0 Å². The molecule has 0 radical (unpaired) electrons. The van der Waals surface area contributed by atoms with Gasteiger partial charge in [0.05, 0.1) is 6.04 Å². The lowest BCUT2D eigenvalue weighted by molar-refractivity contribution is 0.0186. The van der Waals surface area contributed by atoms with Crippen LogP contribution in [0.1, 0.15) is 37.8 Å². The highest BCUT2D eigenvalue weighted by atomic mass is 127. The maximum Gasteiger partial charge on any atom is 0.410 e. The topological polar surface area (TPSA) is 71.2 Å². The van der Waals surface area contributed by atoms with E-state index in [2.05, 4.69) is 29.2 Å². The zero-order valence-electron chi connectivity index (χ0n) is 16.2. The van der Waals surface area contributed by atoms with Crippen LogP contribution in [0.3, 0.4) is 0 Å². The number of nitrogens with two attached hydrogens (primary N) is 1. The molecule has 7 heteroatoms. The third-order valence-electron chi connectivity index (χ3n) is 5.53. The van der Waals surface area contributed by atoms with Gasteiger partial charge in [-0.15, -0.1) is 24.0 Å². The molecule has 1 heterocycles. The highest BCUT2D eigenvalue weighted by molar-refractivity contribution is 14.0. The SMILES string of the molecule is CC(C)(C)OC(=O)N1CCN(C(N)=NC2C3Cc4ccccc4C32)CC1.I. The van der Waals surface area contributed by atoms with Gasteiger partial charge in [-0.05, 0) is 44.2 Å². The summed E-state index contributed by atoms with van der Waals surface area (Å²) in [7, 11) is 0. The number of ether oxygens (including phenoxy) is 1. The Bertz CT molecular complexity index is 738. The van der Waals surface area contributed by atoms with E-state index in [1.54, 1.807) is 4.90 Å². The van der Waals surface area contributed by atoms with Crippen molar-refractivity contribution in [1.29, 1.82) is 0 Å². The van der Waals surface area contributed by atoms with E-state index in [0.29, 0.717) is 50.0 Å². The molecule has 0 bridgehead atoms. The molecule has 3 aliphatic rings. The molecule has 27 heavy (non-hydrogen) atoms. The standard InChI is InChI=1S/C20H28N4O2.HI/c1-20(2,3)26-19(25)24-10-8-23(9-11-24)18(21)22-17-15-12-13-6-4-5-7-14(13)16(15)17;/h4-7,15-17H,8-12H2,1-3H3,(H2,21,22);1H. The van der Waals surface area contributed by atoms with Crippen LogP contribution < -0.4 is 5.73 Å². The van der Waals surface area contributed by atoms with E-state index in [4.69, 9.17) is 15.5 Å². The van der Waals surface area contributed by atoms with Crippen molar-refractivity contribution in [1.82, 2.24) is 9.80 Å². The molecular formula is C20H29IN4O2. The molecule has 6 nitrogen and oxygen atoms in total.